The fourth-order valence-electron chi connectivity index (χ4n) is 6.61. The van der Waals surface area contributed by atoms with Crippen LogP contribution < -0.4 is 20.9 Å². The van der Waals surface area contributed by atoms with Crippen LogP contribution in [-0.4, -0.2) is 94.0 Å². The van der Waals surface area contributed by atoms with Crippen molar-refractivity contribution >= 4 is 34.8 Å². The Labute approximate surface area is 325 Å². The Kier molecular flexibility index (Phi) is 10.6. The number of aromatic nitrogens is 8. The maximum Gasteiger partial charge on any atom is 0.357 e. The molecule has 4 N–H and O–H groups in total. The number of carboxylic acids is 1. The second kappa shape index (κ2) is 16.5. The third kappa shape index (κ3) is 8.32. The Morgan fingerprint density at radius 1 is 0.667 bits per heavy atom. The van der Waals surface area contributed by atoms with Crippen molar-refractivity contribution in [1.82, 2.24) is 44.0 Å². The van der Waals surface area contributed by atoms with E-state index in [1.807, 2.05) is 82.1 Å². The van der Waals surface area contributed by atoms with Crippen molar-refractivity contribution in [3.8, 4) is 22.9 Å². The fourth-order valence-corrected chi connectivity index (χ4v) is 6.61. The third-order valence-corrected chi connectivity index (χ3v) is 9.43. The van der Waals surface area contributed by atoms with Gasteiger partial charge in [-0.05, 0) is 37.1 Å². The number of aromatic carboxylic acids is 1. The van der Waals surface area contributed by atoms with E-state index in [2.05, 4.69) is 45.0 Å². The van der Waals surface area contributed by atoms with Crippen molar-refractivity contribution in [2.24, 2.45) is 5.73 Å². The van der Waals surface area contributed by atoms with E-state index in [4.69, 9.17) is 19.7 Å². The Morgan fingerprint density at radius 2 is 1.16 bits per heavy atom. The number of nitrogens with two attached hydrogens (primary N) is 1. The summed E-state index contributed by atoms with van der Waals surface area (Å²) in [4.78, 5) is 53.1. The normalized spacial score (nSPS) is 16.2. The zero-order valence-electron chi connectivity index (χ0n) is 30.6. The molecule has 2 fully saturated rings. The van der Waals surface area contributed by atoms with E-state index >= 15 is 0 Å². The van der Waals surface area contributed by atoms with E-state index < -0.39 is 5.97 Å². The number of benzene rings is 2. The number of carboxylic acid groups (broad SMARTS) is 1. The van der Waals surface area contributed by atoms with Gasteiger partial charge in [0.25, 0.3) is 5.91 Å². The Balaban J connectivity index is 0.000000132. The summed E-state index contributed by atoms with van der Waals surface area (Å²) in [6.45, 7) is 3.33. The van der Waals surface area contributed by atoms with Crippen molar-refractivity contribution < 1.29 is 23.5 Å². The fraction of sp³-hybridized carbons (Fsp3) is 0.200. The molecule has 0 radical (unpaired) electrons. The summed E-state index contributed by atoms with van der Waals surface area (Å²) in [6, 6.07) is 18.9. The zero-order valence-corrected chi connectivity index (χ0v) is 30.6. The van der Waals surface area contributed by atoms with Gasteiger partial charge in [-0.3, -0.25) is 4.79 Å². The molecule has 8 heterocycles. The molecule has 2 aliphatic rings. The van der Waals surface area contributed by atoms with Crippen molar-refractivity contribution in [1.29, 1.82) is 0 Å². The number of imidazole rings is 2. The molecular formula is C40H38N12O5. The van der Waals surface area contributed by atoms with Gasteiger partial charge in [-0.2, -0.15) is 0 Å². The summed E-state index contributed by atoms with van der Waals surface area (Å²) >= 11 is 0. The van der Waals surface area contributed by atoms with E-state index in [0.717, 1.165) is 72.8 Å². The molecular weight excluding hydrogens is 729 g/mol. The number of nitrogens with zero attached hydrogens (tertiary/aromatic N) is 10. The molecule has 8 aromatic rings. The Hall–Kier alpha value is -7.40. The van der Waals surface area contributed by atoms with Gasteiger partial charge in [0.05, 0.1) is 0 Å². The highest BCUT2D eigenvalue weighted by Crippen LogP contribution is 2.24. The highest BCUT2D eigenvalue weighted by molar-refractivity contribution is 5.92. The predicted molar refractivity (Wildman–Crippen MR) is 210 cm³/mol. The van der Waals surface area contributed by atoms with E-state index in [-0.39, 0.29) is 29.4 Å². The number of oxazole rings is 2. The number of anilines is 2. The number of rotatable bonds is 7. The number of amides is 1. The maximum atomic E-state index is 12.6. The molecule has 288 valence electrons. The van der Waals surface area contributed by atoms with Gasteiger partial charge in [0.2, 0.25) is 11.8 Å². The van der Waals surface area contributed by atoms with Crippen LogP contribution in [0.25, 0.3) is 34.2 Å². The van der Waals surface area contributed by atoms with Crippen LogP contribution in [0.5, 0.6) is 0 Å². The minimum absolute atomic E-state index is 0.0152. The van der Waals surface area contributed by atoms with Crippen LogP contribution in [0.2, 0.25) is 0 Å². The van der Waals surface area contributed by atoms with E-state index in [9.17, 15) is 9.59 Å². The smallest absolute Gasteiger partial charge is 0.357 e. The molecule has 0 aliphatic carbocycles. The molecule has 10 rings (SSSR count). The van der Waals surface area contributed by atoms with Crippen LogP contribution in [0.3, 0.4) is 0 Å². The number of nitrogens with one attached hydrogen (secondary N) is 1. The quantitative estimate of drug-likeness (QED) is 0.201. The van der Waals surface area contributed by atoms with Crippen molar-refractivity contribution in [2.45, 2.75) is 24.9 Å². The molecule has 0 unspecified atom stereocenters. The lowest BCUT2D eigenvalue weighted by Gasteiger charge is -2.18. The molecule has 2 saturated heterocycles. The lowest BCUT2D eigenvalue weighted by atomic mass is 10.2. The largest absolute Gasteiger partial charge is 0.476 e. The summed E-state index contributed by atoms with van der Waals surface area (Å²) < 4.78 is 14.4. The Morgan fingerprint density at radius 3 is 1.67 bits per heavy atom. The molecule has 0 spiro atoms. The molecule has 2 aliphatic heterocycles. The van der Waals surface area contributed by atoms with Gasteiger partial charge in [-0.15, -0.1) is 0 Å². The number of carbonyl (C=O) groups is 2. The molecule has 17 heteroatoms. The lowest BCUT2D eigenvalue weighted by molar-refractivity contribution is 0.0690. The molecule has 2 aromatic carbocycles. The summed E-state index contributed by atoms with van der Waals surface area (Å²) in [6.07, 6.45) is 19.1. The summed E-state index contributed by atoms with van der Waals surface area (Å²) in [7, 11) is 0. The van der Waals surface area contributed by atoms with Crippen LogP contribution in [0.4, 0.5) is 11.6 Å². The Bertz CT molecular complexity index is 2590. The standard InChI is InChI=1S/C20H18N6O2.C10H13N5.C10H7NO3/c27-19(16-13-28-20(24-16)14-4-2-1-3-5-14)23-15-6-9-26(12-15)18-17-21-7-10-25(17)11-8-22-18;11-8-1-4-15(7-8)10-9-12-2-5-14(9)6-3-13-10;12-10(13)8-6-14-9(11-8)7-4-2-1-3-5-7/h1-5,7-8,10-11,13,15H,6,9,12H2,(H,23,27);2-3,5-6,8H,1,4,7,11H2;1-6H,(H,12,13)/t15-;8-;/m00./s1. The first kappa shape index (κ1) is 36.6. The van der Waals surface area contributed by atoms with Crippen LogP contribution in [-0.2, 0) is 0 Å². The van der Waals surface area contributed by atoms with Gasteiger partial charge in [-0.25, -0.2) is 34.7 Å². The molecule has 0 saturated carbocycles. The number of hydrogen-bond acceptors (Lipinski definition) is 13. The maximum absolute atomic E-state index is 12.6. The van der Waals surface area contributed by atoms with E-state index in [0.29, 0.717) is 18.3 Å². The topological polar surface area (TPSA) is 211 Å². The second-order valence-electron chi connectivity index (χ2n) is 13.3. The number of hydrogen-bond donors (Lipinski definition) is 3. The first-order valence-corrected chi connectivity index (χ1v) is 18.3. The monoisotopic (exact) mass is 766 g/mol. The molecule has 57 heavy (non-hydrogen) atoms. The van der Waals surface area contributed by atoms with Crippen LogP contribution in [0.15, 0.2) is 132 Å². The second-order valence-corrected chi connectivity index (χ2v) is 13.3. The SMILES string of the molecule is N[C@H]1CCN(c2nccn3ccnc23)C1.O=C(N[C@H]1CCN(c2nccn3ccnc23)C1)c1coc(-c2ccccc2)n1.O=C(O)c1coc(-c2ccccc2)n1. The first-order chi connectivity index (χ1) is 27.9. The molecule has 6 aromatic heterocycles. The van der Waals surface area contributed by atoms with Crippen LogP contribution in [0.1, 0.15) is 33.8 Å². The highest BCUT2D eigenvalue weighted by Gasteiger charge is 2.28. The van der Waals surface area contributed by atoms with Gasteiger partial charge in [0.15, 0.2) is 34.3 Å². The van der Waals surface area contributed by atoms with Crippen molar-refractivity contribution in [3.63, 3.8) is 0 Å². The van der Waals surface area contributed by atoms with Gasteiger partial charge in [-0.1, -0.05) is 36.4 Å². The first-order valence-electron chi connectivity index (χ1n) is 18.3. The minimum atomic E-state index is -1.09. The highest BCUT2D eigenvalue weighted by atomic mass is 16.4. The van der Waals surface area contributed by atoms with E-state index in [1.54, 1.807) is 36.9 Å². The minimum Gasteiger partial charge on any atom is -0.476 e. The number of fused-ring (bicyclic) bond motifs is 2. The van der Waals surface area contributed by atoms with Crippen LogP contribution in [0, 0.1) is 0 Å². The van der Waals surface area contributed by atoms with Gasteiger partial charge in [0, 0.05) is 99.0 Å². The molecule has 17 nitrogen and oxygen atoms in total. The van der Waals surface area contributed by atoms with Crippen LogP contribution >= 0.6 is 0 Å². The zero-order chi connectivity index (χ0) is 39.1. The lowest BCUT2D eigenvalue weighted by Crippen LogP contribution is -2.37. The van der Waals surface area contributed by atoms with Crippen molar-refractivity contribution in [2.75, 3.05) is 36.0 Å². The van der Waals surface area contributed by atoms with E-state index in [1.165, 1.54) is 6.26 Å². The number of carbonyl (C=O) groups excluding carboxylic acids is 1. The van der Waals surface area contributed by atoms with Gasteiger partial charge >= 0.3 is 5.97 Å². The predicted octanol–water partition coefficient (Wildman–Crippen LogP) is 4.70. The van der Waals surface area contributed by atoms with Crippen molar-refractivity contribution in [3.05, 3.63) is 134 Å². The molecule has 2 atom stereocenters. The van der Waals surface area contributed by atoms with Gasteiger partial charge < -0.3 is 43.6 Å². The van der Waals surface area contributed by atoms with Gasteiger partial charge in [0.1, 0.15) is 12.5 Å². The molecule has 0 bridgehead atoms. The third-order valence-electron chi connectivity index (χ3n) is 9.43. The summed E-state index contributed by atoms with van der Waals surface area (Å²) in [5.41, 5.74) is 9.42. The summed E-state index contributed by atoms with van der Waals surface area (Å²) in [5, 5.41) is 11.7. The molecule has 1 amide bonds. The average Bonchev–Trinajstić information content (AvgIpc) is 4.10. The summed E-state index contributed by atoms with van der Waals surface area (Å²) in [5.74, 6) is 1.21. The average molecular weight is 767 g/mol.